The molecule has 9 heteroatoms. The summed E-state index contributed by atoms with van der Waals surface area (Å²) in [6.45, 7) is 2.33. The standard InChI is InChI=1S/C18H16Cl2N4O2S/c1-2-24-17(26)14(9-16(25)22-13-6-3-11(19)4-7-13)27-18(24)23-15-8-5-12(20)10-21-15/h3-8,10,14H,2,9H2,1H3,(H,22,25). The highest BCUT2D eigenvalue weighted by molar-refractivity contribution is 8.15. The Balaban J connectivity index is 1.69. The molecule has 2 aromatic rings. The van der Waals surface area contributed by atoms with Crippen LogP contribution in [-0.2, 0) is 9.59 Å². The summed E-state index contributed by atoms with van der Waals surface area (Å²) in [5, 5.41) is 3.88. The molecule has 2 heterocycles. The van der Waals surface area contributed by atoms with Gasteiger partial charge in [-0.2, -0.15) is 0 Å². The fraction of sp³-hybridized carbons (Fsp3) is 0.222. The molecule has 1 N–H and O–H groups in total. The second-order valence-electron chi connectivity index (χ2n) is 5.68. The van der Waals surface area contributed by atoms with Gasteiger partial charge in [0.25, 0.3) is 0 Å². The van der Waals surface area contributed by atoms with Crippen molar-refractivity contribution < 1.29 is 9.59 Å². The molecule has 2 amide bonds. The van der Waals surface area contributed by atoms with Crippen molar-refractivity contribution in [3.8, 4) is 0 Å². The van der Waals surface area contributed by atoms with E-state index in [1.807, 2.05) is 6.92 Å². The Bertz CT molecular complexity index is 872. The molecule has 0 bridgehead atoms. The number of carbonyl (C=O) groups excluding carboxylic acids is 2. The lowest BCUT2D eigenvalue weighted by Gasteiger charge is -2.13. The molecule has 6 nitrogen and oxygen atoms in total. The Labute approximate surface area is 171 Å². The van der Waals surface area contributed by atoms with Crippen LogP contribution in [0.25, 0.3) is 0 Å². The average Bonchev–Trinajstić information content (AvgIpc) is 2.93. The Morgan fingerprint density at radius 3 is 2.56 bits per heavy atom. The lowest BCUT2D eigenvalue weighted by molar-refractivity contribution is -0.128. The van der Waals surface area contributed by atoms with Gasteiger partial charge < -0.3 is 5.32 Å². The largest absolute Gasteiger partial charge is 0.326 e. The fourth-order valence-corrected chi connectivity index (χ4v) is 3.91. The van der Waals surface area contributed by atoms with E-state index < -0.39 is 5.25 Å². The van der Waals surface area contributed by atoms with Gasteiger partial charge in [-0.3, -0.25) is 14.5 Å². The number of thioether (sulfide) groups is 1. The number of benzene rings is 1. The Morgan fingerprint density at radius 1 is 1.22 bits per heavy atom. The molecule has 0 spiro atoms. The molecule has 1 aromatic heterocycles. The third-order valence-electron chi connectivity index (χ3n) is 3.76. The zero-order valence-electron chi connectivity index (χ0n) is 14.4. The van der Waals surface area contributed by atoms with Crippen LogP contribution < -0.4 is 5.32 Å². The first-order valence-electron chi connectivity index (χ1n) is 8.20. The zero-order chi connectivity index (χ0) is 19.4. The third-order valence-corrected chi connectivity index (χ3v) is 5.41. The number of amidine groups is 1. The van der Waals surface area contributed by atoms with Crippen molar-refractivity contribution in [3.63, 3.8) is 0 Å². The first kappa shape index (κ1) is 19.7. The van der Waals surface area contributed by atoms with E-state index in [1.165, 1.54) is 18.0 Å². The second-order valence-corrected chi connectivity index (χ2v) is 7.72. The number of anilines is 1. The third kappa shape index (κ3) is 5.00. The number of halogens is 2. The van der Waals surface area contributed by atoms with Gasteiger partial charge in [0.1, 0.15) is 5.25 Å². The predicted octanol–water partition coefficient (Wildman–Crippen LogP) is 4.37. The normalized spacial score (nSPS) is 18.2. The molecule has 1 aromatic carbocycles. The maximum atomic E-state index is 12.6. The number of amides is 2. The van der Waals surface area contributed by atoms with E-state index in [0.717, 1.165) is 0 Å². The van der Waals surface area contributed by atoms with Gasteiger partial charge in [-0.1, -0.05) is 35.0 Å². The van der Waals surface area contributed by atoms with Gasteiger partial charge >= 0.3 is 0 Å². The first-order valence-corrected chi connectivity index (χ1v) is 9.83. The average molecular weight is 423 g/mol. The highest BCUT2D eigenvalue weighted by Crippen LogP contribution is 2.31. The van der Waals surface area contributed by atoms with Crippen LogP contribution in [0.2, 0.25) is 10.0 Å². The molecule has 1 fully saturated rings. The summed E-state index contributed by atoms with van der Waals surface area (Å²) in [7, 11) is 0. The predicted molar refractivity (Wildman–Crippen MR) is 110 cm³/mol. The molecule has 140 valence electrons. The molecule has 3 rings (SSSR count). The molecule has 0 saturated carbocycles. The Hall–Kier alpha value is -2.09. The number of rotatable bonds is 5. The van der Waals surface area contributed by atoms with Crippen LogP contribution >= 0.6 is 35.0 Å². The minimum Gasteiger partial charge on any atom is -0.326 e. The van der Waals surface area contributed by atoms with Crippen molar-refractivity contribution in [2.24, 2.45) is 4.99 Å². The van der Waals surface area contributed by atoms with E-state index in [-0.39, 0.29) is 18.2 Å². The lowest BCUT2D eigenvalue weighted by Crippen LogP contribution is -2.33. The number of aromatic nitrogens is 1. The fourth-order valence-electron chi connectivity index (χ4n) is 2.46. The minimum atomic E-state index is -0.525. The molecule has 27 heavy (non-hydrogen) atoms. The van der Waals surface area contributed by atoms with E-state index in [9.17, 15) is 9.59 Å². The summed E-state index contributed by atoms with van der Waals surface area (Å²) in [5.41, 5.74) is 0.631. The van der Waals surface area contributed by atoms with Gasteiger partial charge in [-0.15, -0.1) is 0 Å². The van der Waals surface area contributed by atoms with Gasteiger partial charge in [-0.25, -0.2) is 9.98 Å². The van der Waals surface area contributed by atoms with Crippen molar-refractivity contribution in [3.05, 3.63) is 52.6 Å². The van der Waals surface area contributed by atoms with Crippen LogP contribution in [0.3, 0.4) is 0 Å². The summed E-state index contributed by atoms with van der Waals surface area (Å²) < 4.78 is 0. The van der Waals surface area contributed by atoms with Crippen molar-refractivity contribution in [2.45, 2.75) is 18.6 Å². The molecule has 1 aliphatic heterocycles. The van der Waals surface area contributed by atoms with Gasteiger partial charge in [0, 0.05) is 29.9 Å². The van der Waals surface area contributed by atoms with E-state index in [0.29, 0.717) is 33.3 Å². The van der Waals surface area contributed by atoms with Crippen LogP contribution in [-0.4, -0.2) is 38.7 Å². The van der Waals surface area contributed by atoms with Crippen LogP contribution in [0.5, 0.6) is 0 Å². The Morgan fingerprint density at radius 2 is 1.93 bits per heavy atom. The number of hydrogen-bond donors (Lipinski definition) is 1. The number of hydrogen-bond acceptors (Lipinski definition) is 5. The van der Waals surface area contributed by atoms with Crippen LogP contribution in [0.1, 0.15) is 13.3 Å². The topological polar surface area (TPSA) is 74.7 Å². The van der Waals surface area contributed by atoms with E-state index >= 15 is 0 Å². The molecule has 1 saturated heterocycles. The van der Waals surface area contributed by atoms with Crippen molar-refractivity contribution >= 4 is 63.5 Å². The quantitative estimate of drug-likeness (QED) is 0.775. The van der Waals surface area contributed by atoms with Gasteiger partial charge in [0.2, 0.25) is 11.8 Å². The zero-order valence-corrected chi connectivity index (χ0v) is 16.7. The van der Waals surface area contributed by atoms with Gasteiger partial charge in [0.15, 0.2) is 11.0 Å². The number of nitrogens with zero attached hydrogens (tertiary/aromatic N) is 3. The maximum Gasteiger partial charge on any atom is 0.242 e. The van der Waals surface area contributed by atoms with Crippen molar-refractivity contribution in [1.29, 1.82) is 0 Å². The minimum absolute atomic E-state index is 0.0513. The molecule has 0 aliphatic carbocycles. The molecule has 1 atom stereocenters. The van der Waals surface area contributed by atoms with E-state index in [4.69, 9.17) is 23.2 Å². The number of pyridine rings is 1. The van der Waals surface area contributed by atoms with Crippen LogP contribution in [0.4, 0.5) is 11.5 Å². The van der Waals surface area contributed by atoms with Crippen LogP contribution in [0.15, 0.2) is 47.6 Å². The molecular formula is C18H16Cl2N4O2S. The van der Waals surface area contributed by atoms with Gasteiger partial charge in [-0.05, 0) is 43.3 Å². The summed E-state index contributed by atoms with van der Waals surface area (Å²) >= 11 is 12.9. The number of carbonyl (C=O) groups is 2. The molecule has 1 unspecified atom stereocenters. The maximum absolute atomic E-state index is 12.6. The SMILES string of the molecule is CCN1C(=O)C(CC(=O)Nc2ccc(Cl)cc2)SC1=Nc1ccc(Cl)cn1. The van der Waals surface area contributed by atoms with Crippen molar-refractivity contribution in [1.82, 2.24) is 9.88 Å². The van der Waals surface area contributed by atoms with E-state index in [1.54, 1.807) is 41.3 Å². The summed E-state index contributed by atoms with van der Waals surface area (Å²) in [6.07, 6.45) is 1.55. The smallest absolute Gasteiger partial charge is 0.242 e. The molecule has 0 radical (unpaired) electrons. The van der Waals surface area contributed by atoms with E-state index in [2.05, 4.69) is 15.3 Å². The monoisotopic (exact) mass is 422 g/mol. The number of aliphatic imine (C=N–C) groups is 1. The van der Waals surface area contributed by atoms with Crippen molar-refractivity contribution in [2.75, 3.05) is 11.9 Å². The highest BCUT2D eigenvalue weighted by atomic mass is 35.5. The van der Waals surface area contributed by atoms with Crippen LogP contribution in [0, 0.1) is 0 Å². The molecular weight excluding hydrogens is 407 g/mol. The molecule has 1 aliphatic rings. The first-order chi connectivity index (χ1) is 13.0. The summed E-state index contributed by atoms with van der Waals surface area (Å²) in [5.74, 6) is 0.0750. The highest BCUT2D eigenvalue weighted by Gasteiger charge is 2.38. The Kier molecular flexibility index (Phi) is 6.36. The second kappa shape index (κ2) is 8.73. The summed E-state index contributed by atoms with van der Waals surface area (Å²) in [4.78, 5) is 35.0. The lowest BCUT2D eigenvalue weighted by atomic mass is 10.2. The summed E-state index contributed by atoms with van der Waals surface area (Å²) in [6, 6.07) is 10.2. The number of nitrogens with one attached hydrogen (secondary N) is 1. The van der Waals surface area contributed by atoms with Gasteiger partial charge in [0.05, 0.1) is 5.02 Å².